The molecule has 0 atom stereocenters. The topological polar surface area (TPSA) is 56.7 Å². The summed E-state index contributed by atoms with van der Waals surface area (Å²) in [7, 11) is 0. The van der Waals surface area contributed by atoms with E-state index in [1.54, 1.807) is 6.20 Å². The highest BCUT2D eigenvalue weighted by molar-refractivity contribution is 7.92. The highest BCUT2D eigenvalue weighted by Crippen LogP contribution is 2.24. The van der Waals surface area contributed by atoms with Gasteiger partial charge in [-0.1, -0.05) is 12.1 Å². The molecule has 0 fully saturated rings. The quantitative estimate of drug-likeness (QED) is 0.719. The largest absolute Gasteiger partial charge is 0.399 e. The Morgan fingerprint density at radius 2 is 2.11 bits per heavy atom. The van der Waals surface area contributed by atoms with Gasteiger partial charge in [-0.2, -0.15) is 0 Å². The van der Waals surface area contributed by atoms with E-state index in [1.807, 2.05) is 30.3 Å². The molecule has 0 aliphatic heterocycles. The van der Waals surface area contributed by atoms with E-state index in [-0.39, 0.29) is 12.3 Å². The third-order valence-corrected chi connectivity index (χ3v) is 3.10. The average Bonchev–Trinajstić information content (AvgIpc) is 2.80. The fourth-order valence-electron chi connectivity index (χ4n) is 1.80. The van der Waals surface area contributed by atoms with Gasteiger partial charge in [0.05, 0.1) is 22.9 Å². The first kappa shape index (κ1) is 11.0. The molecule has 18 heavy (non-hydrogen) atoms. The van der Waals surface area contributed by atoms with Crippen LogP contribution in [0.15, 0.2) is 42.9 Å². The van der Waals surface area contributed by atoms with Crippen LogP contribution < -0.4 is 5.73 Å². The van der Waals surface area contributed by atoms with Crippen molar-refractivity contribution in [2.24, 2.45) is 0 Å². The number of rotatable bonds is 2. The van der Waals surface area contributed by atoms with E-state index >= 15 is 0 Å². The number of nitrogen functional groups attached to an aromatic ring is 1. The molecule has 0 saturated heterocycles. The van der Waals surface area contributed by atoms with Gasteiger partial charge in [0.1, 0.15) is 6.33 Å². The molecule has 3 rings (SSSR count). The molecule has 0 aliphatic carbocycles. The van der Waals surface area contributed by atoms with Crippen LogP contribution >= 0.6 is 12.3 Å². The zero-order valence-electron chi connectivity index (χ0n) is 9.25. The number of aromatic nitrogens is 3. The molecule has 4 nitrogen and oxygen atoms in total. The van der Waals surface area contributed by atoms with Crippen molar-refractivity contribution in [3.8, 4) is 11.3 Å². The lowest BCUT2D eigenvalue weighted by molar-refractivity contribution is 0.919. The molecule has 3 aromatic rings. The summed E-state index contributed by atoms with van der Waals surface area (Å²) in [5.41, 5.74) is 9.45. The van der Waals surface area contributed by atoms with E-state index in [2.05, 4.69) is 9.97 Å². The highest BCUT2D eigenvalue weighted by atomic mass is 32.2. The molecule has 0 saturated carbocycles. The number of anilines is 1. The van der Waals surface area contributed by atoms with Gasteiger partial charge in [-0.25, -0.2) is 8.96 Å². The van der Waals surface area contributed by atoms with Crippen LogP contribution in [0.3, 0.4) is 0 Å². The van der Waals surface area contributed by atoms with Crippen LogP contribution in [0.5, 0.6) is 0 Å². The van der Waals surface area contributed by atoms with Crippen LogP contribution in [0.1, 0.15) is 0 Å². The molecular formula is C12H9FN4S. The lowest BCUT2D eigenvalue weighted by Gasteiger charge is -2.02. The number of nitrogens with two attached hydrogens (primary N) is 1. The molecule has 0 bridgehead atoms. The molecule has 2 heterocycles. The second-order valence-corrected chi connectivity index (χ2v) is 4.35. The number of hydrogen-bond donors (Lipinski definition) is 1. The van der Waals surface area contributed by atoms with Gasteiger partial charge in [0.2, 0.25) is 0 Å². The van der Waals surface area contributed by atoms with E-state index in [0.29, 0.717) is 16.7 Å². The van der Waals surface area contributed by atoms with Crippen LogP contribution in [0, 0.1) is 0 Å². The molecular weight excluding hydrogens is 251 g/mol. The molecule has 0 amide bonds. The summed E-state index contributed by atoms with van der Waals surface area (Å²) in [5.74, 6) is 0. The monoisotopic (exact) mass is 260 g/mol. The van der Waals surface area contributed by atoms with Crippen molar-refractivity contribution in [1.82, 2.24) is 13.9 Å². The van der Waals surface area contributed by atoms with Crippen molar-refractivity contribution >= 4 is 29.1 Å². The number of nitrogens with zero attached hydrogens (tertiary/aromatic N) is 3. The van der Waals surface area contributed by atoms with E-state index in [9.17, 15) is 3.89 Å². The lowest BCUT2D eigenvalue weighted by atomic mass is 10.1. The van der Waals surface area contributed by atoms with E-state index in [4.69, 9.17) is 5.73 Å². The Labute approximate surface area is 107 Å². The third kappa shape index (κ3) is 1.80. The predicted molar refractivity (Wildman–Crippen MR) is 71.5 cm³/mol. The van der Waals surface area contributed by atoms with Gasteiger partial charge < -0.3 is 5.73 Å². The number of fused-ring (bicyclic) bond motifs is 1. The van der Waals surface area contributed by atoms with Crippen molar-refractivity contribution in [1.29, 1.82) is 0 Å². The highest BCUT2D eigenvalue weighted by Gasteiger charge is 2.07. The normalized spacial score (nSPS) is 10.9. The van der Waals surface area contributed by atoms with Gasteiger partial charge in [-0.3, -0.25) is 4.98 Å². The molecule has 0 radical (unpaired) electrons. The van der Waals surface area contributed by atoms with Crippen LogP contribution in [-0.2, 0) is 0 Å². The molecule has 1 aromatic carbocycles. The summed E-state index contributed by atoms with van der Waals surface area (Å²) < 4.78 is 13.9. The minimum absolute atomic E-state index is 0.103. The standard InChI is InChI=1S/C12H9FN4S/c13-18-17-7-16-11-5-10(15-6-12(11)17)8-2-1-3-9(14)4-8/h1-7H,14H2. The lowest BCUT2D eigenvalue weighted by Crippen LogP contribution is -1.88. The molecule has 6 heteroatoms. The van der Waals surface area contributed by atoms with Crippen molar-refractivity contribution in [2.75, 3.05) is 5.73 Å². The predicted octanol–water partition coefficient (Wildman–Crippen LogP) is 3.06. The Kier molecular flexibility index (Phi) is 2.64. The van der Waals surface area contributed by atoms with Crippen LogP contribution in [0.25, 0.3) is 22.3 Å². The van der Waals surface area contributed by atoms with Gasteiger partial charge in [-0.05, 0) is 18.2 Å². The number of benzene rings is 1. The summed E-state index contributed by atoms with van der Waals surface area (Å²) in [6.45, 7) is 0. The fraction of sp³-hybridized carbons (Fsp3) is 0. The first-order chi connectivity index (χ1) is 8.78. The smallest absolute Gasteiger partial charge is 0.171 e. The summed E-state index contributed by atoms with van der Waals surface area (Å²) in [6, 6.07) is 9.26. The van der Waals surface area contributed by atoms with Crippen molar-refractivity contribution < 1.29 is 3.89 Å². The van der Waals surface area contributed by atoms with E-state index in [1.165, 1.54) is 10.3 Å². The minimum atomic E-state index is 0.103. The molecule has 0 aliphatic rings. The van der Waals surface area contributed by atoms with E-state index < -0.39 is 0 Å². The molecule has 2 N–H and O–H groups in total. The Balaban J connectivity index is 2.14. The molecule has 2 aromatic heterocycles. The number of hydrogen-bond acceptors (Lipinski definition) is 4. The maximum Gasteiger partial charge on any atom is 0.171 e. The maximum absolute atomic E-state index is 12.6. The van der Waals surface area contributed by atoms with Crippen LogP contribution in [0.4, 0.5) is 9.57 Å². The molecule has 0 unspecified atom stereocenters. The second-order valence-electron chi connectivity index (χ2n) is 3.82. The summed E-state index contributed by atoms with van der Waals surface area (Å²) in [4.78, 5) is 8.43. The van der Waals surface area contributed by atoms with Gasteiger partial charge >= 0.3 is 0 Å². The Bertz CT molecular complexity index is 710. The van der Waals surface area contributed by atoms with Gasteiger partial charge in [-0.15, -0.1) is 3.89 Å². The first-order valence-corrected chi connectivity index (χ1v) is 5.93. The Morgan fingerprint density at radius 3 is 2.89 bits per heavy atom. The number of imidazole rings is 1. The van der Waals surface area contributed by atoms with Gasteiger partial charge in [0, 0.05) is 11.3 Å². The maximum atomic E-state index is 12.6. The first-order valence-electron chi connectivity index (χ1n) is 5.26. The summed E-state index contributed by atoms with van der Waals surface area (Å²) in [5, 5.41) is 0. The van der Waals surface area contributed by atoms with Crippen molar-refractivity contribution in [3.63, 3.8) is 0 Å². The van der Waals surface area contributed by atoms with E-state index in [0.717, 1.165) is 11.3 Å². The second kappa shape index (κ2) is 4.30. The third-order valence-electron chi connectivity index (χ3n) is 2.66. The van der Waals surface area contributed by atoms with Gasteiger partial charge in [0.25, 0.3) is 0 Å². The Hall–Kier alpha value is -2.08. The van der Waals surface area contributed by atoms with Crippen LogP contribution in [-0.4, -0.2) is 13.9 Å². The van der Waals surface area contributed by atoms with Crippen molar-refractivity contribution in [2.45, 2.75) is 0 Å². The van der Waals surface area contributed by atoms with Crippen LogP contribution in [0.2, 0.25) is 0 Å². The zero-order valence-corrected chi connectivity index (χ0v) is 10.1. The molecule has 90 valence electrons. The minimum Gasteiger partial charge on any atom is -0.399 e. The summed E-state index contributed by atoms with van der Waals surface area (Å²) >= 11 is 0.103. The fourth-order valence-corrected chi connectivity index (χ4v) is 2.10. The van der Waals surface area contributed by atoms with Gasteiger partial charge in [0.15, 0.2) is 12.3 Å². The average molecular weight is 260 g/mol. The Morgan fingerprint density at radius 1 is 1.22 bits per heavy atom. The molecule has 0 spiro atoms. The SMILES string of the molecule is Nc1cccc(-c2cc3ncn(SF)c3cn2)c1. The number of halogens is 1. The summed E-state index contributed by atoms with van der Waals surface area (Å²) in [6.07, 6.45) is 3.04. The van der Waals surface area contributed by atoms with Crippen molar-refractivity contribution in [3.05, 3.63) is 42.9 Å². The number of pyridine rings is 1. The zero-order chi connectivity index (χ0) is 12.5.